The highest BCUT2D eigenvalue weighted by Gasteiger charge is 2.36. The van der Waals surface area contributed by atoms with Crippen molar-refractivity contribution in [1.29, 1.82) is 0 Å². The molecule has 134 valence electrons. The molecule has 0 unspecified atom stereocenters. The molecule has 0 bridgehead atoms. The van der Waals surface area contributed by atoms with Crippen LogP contribution < -0.4 is 0 Å². The summed E-state index contributed by atoms with van der Waals surface area (Å²) in [6, 6.07) is 3.21. The van der Waals surface area contributed by atoms with E-state index in [-0.39, 0.29) is 31.1 Å². The van der Waals surface area contributed by atoms with Crippen LogP contribution in [-0.2, 0) is 16.9 Å². The molecule has 1 aliphatic heterocycles. The molecule has 2 aromatic rings. The van der Waals surface area contributed by atoms with Gasteiger partial charge in [-0.25, -0.2) is 17.2 Å². The summed E-state index contributed by atoms with van der Waals surface area (Å²) >= 11 is 0. The SMILES string of the molecule is Cn1cnnc1S(=O)(=O)C1CCN(C(=O)c2c(F)cccc2F)CC1. The van der Waals surface area contributed by atoms with Crippen molar-refractivity contribution in [2.75, 3.05) is 13.1 Å². The van der Waals surface area contributed by atoms with Gasteiger partial charge in [-0.15, -0.1) is 10.2 Å². The van der Waals surface area contributed by atoms with Crippen molar-refractivity contribution in [2.24, 2.45) is 7.05 Å². The molecule has 1 aromatic heterocycles. The Hall–Kier alpha value is -2.36. The molecule has 0 spiro atoms. The van der Waals surface area contributed by atoms with Crippen LogP contribution in [0.25, 0.3) is 0 Å². The van der Waals surface area contributed by atoms with E-state index < -0.39 is 38.2 Å². The fourth-order valence-electron chi connectivity index (χ4n) is 2.91. The number of sulfone groups is 1. The fraction of sp³-hybridized carbons (Fsp3) is 0.400. The smallest absolute Gasteiger partial charge is 0.259 e. The van der Waals surface area contributed by atoms with Crippen molar-refractivity contribution >= 4 is 15.7 Å². The average molecular weight is 370 g/mol. The number of rotatable bonds is 3. The van der Waals surface area contributed by atoms with E-state index in [9.17, 15) is 22.0 Å². The van der Waals surface area contributed by atoms with E-state index in [0.29, 0.717) is 0 Å². The first-order valence-corrected chi connectivity index (χ1v) is 9.18. The average Bonchev–Trinajstić information content (AvgIpc) is 3.01. The van der Waals surface area contributed by atoms with Crippen LogP contribution in [0.4, 0.5) is 8.78 Å². The summed E-state index contributed by atoms with van der Waals surface area (Å²) in [4.78, 5) is 13.6. The standard InChI is InChI=1S/C15H16F2N4O3S/c1-20-9-18-19-15(20)25(23,24)10-5-7-21(8-6-10)14(22)13-11(16)3-2-4-12(13)17/h2-4,9-10H,5-8H2,1H3. The summed E-state index contributed by atoms with van der Waals surface area (Å²) in [5.74, 6) is -2.64. The molecule has 3 rings (SSSR count). The van der Waals surface area contributed by atoms with Crippen LogP contribution in [0.5, 0.6) is 0 Å². The van der Waals surface area contributed by atoms with Gasteiger partial charge in [0, 0.05) is 20.1 Å². The molecule has 25 heavy (non-hydrogen) atoms. The minimum Gasteiger partial charge on any atom is -0.338 e. The minimum atomic E-state index is -3.68. The van der Waals surface area contributed by atoms with Crippen molar-refractivity contribution in [1.82, 2.24) is 19.7 Å². The summed E-state index contributed by atoms with van der Waals surface area (Å²) in [7, 11) is -2.14. The molecule has 1 saturated heterocycles. The van der Waals surface area contributed by atoms with E-state index in [1.807, 2.05) is 0 Å². The molecule has 7 nitrogen and oxygen atoms in total. The molecule has 1 aliphatic rings. The molecule has 1 amide bonds. The maximum absolute atomic E-state index is 13.8. The molecule has 10 heteroatoms. The van der Waals surface area contributed by atoms with Gasteiger partial charge in [0.1, 0.15) is 23.5 Å². The Morgan fingerprint density at radius 3 is 2.32 bits per heavy atom. The zero-order chi connectivity index (χ0) is 18.2. The lowest BCUT2D eigenvalue weighted by atomic mass is 10.1. The second-order valence-electron chi connectivity index (χ2n) is 5.86. The maximum atomic E-state index is 13.8. The van der Waals surface area contributed by atoms with E-state index in [1.54, 1.807) is 0 Å². The lowest BCUT2D eigenvalue weighted by Gasteiger charge is -2.31. The summed E-state index contributed by atoms with van der Waals surface area (Å²) < 4.78 is 54.0. The normalized spacial score (nSPS) is 16.2. The number of aromatic nitrogens is 3. The molecular weight excluding hydrogens is 354 g/mol. The van der Waals surface area contributed by atoms with Crippen LogP contribution in [0.1, 0.15) is 23.2 Å². The Morgan fingerprint density at radius 2 is 1.80 bits per heavy atom. The van der Waals surface area contributed by atoms with Crippen LogP contribution in [0, 0.1) is 11.6 Å². The number of hydrogen-bond acceptors (Lipinski definition) is 5. The lowest BCUT2D eigenvalue weighted by molar-refractivity contribution is 0.0715. The Bertz CT molecular complexity index is 885. The molecule has 0 atom stereocenters. The molecule has 0 saturated carbocycles. The number of halogens is 2. The zero-order valence-corrected chi connectivity index (χ0v) is 14.2. The summed E-state index contributed by atoms with van der Waals surface area (Å²) in [5, 5.41) is 6.36. The number of carbonyl (C=O) groups is 1. The van der Waals surface area contributed by atoms with E-state index in [2.05, 4.69) is 10.2 Å². The Kier molecular flexibility index (Phi) is 4.55. The van der Waals surface area contributed by atoms with Crippen molar-refractivity contribution < 1.29 is 22.0 Å². The highest BCUT2D eigenvalue weighted by atomic mass is 32.2. The predicted octanol–water partition coefficient (Wildman–Crippen LogP) is 1.17. The maximum Gasteiger partial charge on any atom is 0.259 e. The fourth-order valence-corrected chi connectivity index (χ4v) is 4.65. The third-order valence-electron chi connectivity index (χ3n) is 4.27. The number of amides is 1. The van der Waals surface area contributed by atoms with Crippen molar-refractivity contribution in [2.45, 2.75) is 23.2 Å². The molecule has 1 aromatic carbocycles. The zero-order valence-electron chi connectivity index (χ0n) is 13.4. The van der Waals surface area contributed by atoms with Crippen molar-refractivity contribution in [3.05, 3.63) is 41.7 Å². The number of aryl methyl sites for hydroxylation is 1. The molecule has 2 heterocycles. The predicted molar refractivity (Wildman–Crippen MR) is 83.5 cm³/mol. The summed E-state index contributed by atoms with van der Waals surface area (Å²) in [6.45, 7) is 0.183. The monoisotopic (exact) mass is 370 g/mol. The van der Waals surface area contributed by atoms with Gasteiger partial charge in [0.25, 0.3) is 5.91 Å². The van der Waals surface area contributed by atoms with Crippen LogP contribution in [0.3, 0.4) is 0 Å². The van der Waals surface area contributed by atoms with Gasteiger partial charge < -0.3 is 9.47 Å². The number of benzene rings is 1. The van der Waals surface area contributed by atoms with Gasteiger partial charge in [-0.1, -0.05) is 6.07 Å². The summed E-state index contributed by atoms with van der Waals surface area (Å²) in [6.07, 6.45) is 1.63. The number of nitrogens with zero attached hydrogens (tertiary/aromatic N) is 4. The number of carbonyl (C=O) groups excluding carboxylic acids is 1. The lowest BCUT2D eigenvalue weighted by Crippen LogP contribution is -2.43. The highest BCUT2D eigenvalue weighted by molar-refractivity contribution is 7.91. The first kappa shape index (κ1) is 17.5. The van der Waals surface area contributed by atoms with Gasteiger partial charge in [-0.3, -0.25) is 4.79 Å². The Balaban J connectivity index is 1.74. The van der Waals surface area contributed by atoms with Crippen LogP contribution in [0.15, 0.2) is 29.7 Å². The second kappa shape index (κ2) is 6.51. The van der Waals surface area contributed by atoms with E-state index in [4.69, 9.17) is 0 Å². The largest absolute Gasteiger partial charge is 0.338 e. The molecule has 0 aliphatic carbocycles. The van der Waals surface area contributed by atoms with Gasteiger partial charge in [-0.05, 0) is 25.0 Å². The van der Waals surface area contributed by atoms with Crippen LogP contribution >= 0.6 is 0 Å². The van der Waals surface area contributed by atoms with E-state index in [0.717, 1.165) is 12.1 Å². The topological polar surface area (TPSA) is 85.2 Å². The number of piperidine rings is 1. The van der Waals surface area contributed by atoms with Crippen molar-refractivity contribution in [3.63, 3.8) is 0 Å². The van der Waals surface area contributed by atoms with Crippen LogP contribution in [0.2, 0.25) is 0 Å². The third kappa shape index (κ3) is 3.13. The molecule has 1 fully saturated rings. The van der Waals surface area contributed by atoms with E-state index in [1.165, 1.54) is 28.9 Å². The van der Waals surface area contributed by atoms with Gasteiger partial charge in [0.05, 0.1) is 5.25 Å². The molecule has 0 radical (unpaired) electrons. The third-order valence-corrected chi connectivity index (χ3v) is 6.50. The van der Waals surface area contributed by atoms with Gasteiger partial charge in [-0.2, -0.15) is 0 Å². The first-order chi connectivity index (χ1) is 11.8. The number of likely N-dealkylation sites (tertiary alicyclic amines) is 1. The Labute approximate surface area is 143 Å². The van der Waals surface area contributed by atoms with Crippen LogP contribution in [-0.4, -0.2) is 52.3 Å². The Morgan fingerprint density at radius 1 is 1.20 bits per heavy atom. The quantitative estimate of drug-likeness (QED) is 0.810. The van der Waals surface area contributed by atoms with E-state index >= 15 is 0 Å². The van der Waals surface area contributed by atoms with Gasteiger partial charge in [0.2, 0.25) is 15.0 Å². The molecule has 0 N–H and O–H groups in total. The second-order valence-corrected chi connectivity index (χ2v) is 7.98. The minimum absolute atomic E-state index is 0.0916. The molecular formula is C15H16F2N4O3S. The number of hydrogen-bond donors (Lipinski definition) is 0. The summed E-state index contributed by atoms with van der Waals surface area (Å²) in [5.41, 5.74) is -0.614. The van der Waals surface area contributed by atoms with Crippen molar-refractivity contribution in [3.8, 4) is 0 Å². The first-order valence-electron chi connectivity index (χ1n) is 7.63. The van der Waals surface area contributed by atoms with Gasteiger partial charge in [0.15, 0.2) is 0 Å². The highest BCUT2D eigenvalue weighted by Crippen LogP contribution is 2.25. The van der Waals surface area contributed by atoms with Gasteiger partial charge >= 0.3 is 0 Å².